The van der Waals surface area contributed by atoms with Crippen molar-refractivity contribution >= 4 is 5.82 Å². The summed E-state index contributed by atoms with van der Waals surface area (Å²) in [5.41, 5.74) is 7.93. The van der Waals surface area contributed by atoms with Gasteiger partial charge in [-0.15, -0.1) is 0 Å². The molecule has 2 N–H and O–H groups in total. The molecule has 110 valence electrons. The van der Waals surface area contributed by atoms with Crippen molar-refractivity contribution in [3.8, 4) is 11.3 Å². The minimum Gasteiger partial charge on any atom is -0.384 e. The lowest BCUT2D eigenvalue weighted by Crippen LogP contribution is -2.22. The fourth-order valence-electron chi connectivity index (χ4n) is 4.50. The first-order chi connectivity index (χ1) is 10.2. The maximum absolute atomic E-state index is 5.68. The number of anilines is 1. The molecule has 4 nitrogen and oxygen atoms in total. The van der Waals surface area contributed by atoms with Crippen molar-refractivity contribution in [1.82, 2.24) is 14.5 Å². The van der Waals surface area contributed by atoms with Crippen LogP contribution in [0, 0.1) is 17.8 Å². The summed E-state index contributed by atoms with van der Waals surface area (Å²) in [6.07, 6.45) is 11.5. The van der Waals surface area contributed by atoms with Crippen molar-refractivity contribution in [1.29, 1.82) is 0 Å². The van der Waals surface area contributed by atoms with E-state index in [1.165, 1.54) is 25.7 Å². The second-order valence-corrected chi connectivity index (χ2v) is 6.74. The summed E-state index contributed by atoms with van der Waals surface area (Å²) < 4.78 is 2.33. The highest BCUT2D eigenvalue weighted by Crippen LogP contribution is 2.52. The Balaban J connectivity index is 1.64. The van der Waals surface area contributed by atoms with Gasteiger partial charge in [-0.3, -0.25) is 0 Å². The summed E-state index contributed by atoms with van der Waals surface area (Å²) >= 11 is 0. The molecule has 0 amide bonds. The number of fused-ring (bicyclic) bond motifs is 2. The van der Waals surface area contributed by atoms with Gasteiger partial charge in [0.15, 0.2) is 0 Å². The van der Waals surface area contributed by atoms with E-state index >= 15 is 0 Å². The molecule has 2 fully saturated rings. The second-order valence-electron chi connectivity index (χ2n) is 6.74. The Hall–Kier alpha value is -1.84. The third kappa shape index (κ3) is 2.13. The number of imidazole rings is 1. The van der Waals surface area contributed by atoms with Crippen LogP contribution in [0.25, 0.3) is 11.3 Å². The molecule has 2 bridgehead atoms. The molecule has 2 aliphatic rings. The van der Waals surface area contributed by atoms with Crippen molar-refractivity contribution in [2.45, 2.75) is 38.6 Å². The van der Waals surface area contributed by atoms with E-state index in [2.05, 4.69) is 21.5 Å². The lowest BCUT2D eigenvalue weighted by atomic mass is 9.83. The quantitative estimate of drug-likeness (QED) is 0.937. The van der Waals surface area contributed by atoms with Crippen LogP contribution < -0.4 is 5.73 Å². The zero-order valence-electron chi connectivity index (χ0n) is 12.4. The maximum Gasteiger partial charge on any atom is 0.123 e. The molecule has 0 spiro atoms. The standard InChI is InChI=1S/C17H22N4/c1-11(15-7-12-2-3-13(15)6-12)21-10-19-9-16(21)14-4-5-17(18)20-8-14/h4-5,8-13,15H,2-3,6-7H2,1H3,(H2,18,20). The normalized spacial score (nSPS) is 28.9. The first kappa shape index (κ1) is 12.9. The van der Waals surface area contributed by atoms with Gasteiger partial charge in [0.25, 0.3) is 0 Å². The van der Waals surface area contributed by atoms with Crippen molar-refractivity contribution in [3.05, 3.63) is 30.9 Å². The van der Waals surface area contributed by atoms with Crippen molar-refractivity contribution in [2.24, 2.45) is 17.8 Å². The molecular weight excluding hydrogens is 260 g/mol. The van der Waals surface area contributed by atoms with Gasteiger partial charge in [0.2, 0.25) is 0 Å². The summed E-state index contributed by atoms with van der Waals surface area (Å²) in [7, 11) is 0. The van der Waals surface area contributed by atoms with Crippen molar-refractivity contribution < 1.29 is 0 Å². The molecule has 2 aromatic heterocycles. The van der Waals surface area contributed by atoms with Crippen molar-refractivity contribution in [3.63, 3.8) is 0 Å². The van der Waals surface area contributed by atoms with E-state index < -0.39 is 0 Å². The molecule has 2 heterocycles. The average molecular weight is 282 g/mol. The van der Waals surface area contributed by atoms with Crippen LogP contribution in [-0.2, 0) is 0 Å². The third-order valence-corrected chi connectivity index (χ3v) is 5.60. The smallest absolute Gasteiger partial charge is 0.123 e. The van der Waals surface area contributed by atoms with Gasteiger partial charge in [-0.2, -0.15) is 0 Å². The summed E-state index contributed by atoms with van der Waals surface area (Å²) in [5.74, 6) is 3.27. The number of hydrogen-bond acceptors (Lipinski definition) is 3. The predicted octanol–water partition coefficient (Wildman–Crippen LogP) is 3.52. The number of aromatic nitrogens is 3. The molecule has 4 rings (SSSR count). The Morgan fingerprint density at radius 3 is 2.81 bits per heavy atom. The topological polar surface area (TPSA) is 56.7 Å². The molecular formula is C17H22N4. The molecule has 0 aliphatic heterocycles. The lowest BCUT2D eigenvalue weighted by molar-refractivity contribution is 0.244. The van der Waals surface area contributed by atoms with E-state index in [1.54, 1.807) is 0 Å². The fourth-order valence-corrected chi connectivity index (χ4v) is 4.50. The number of hydrogen-bond donors (Lipinski definition) is 1. The van der Waals surface area contributed by atoms with E-state index in [4.69, 9.17) is 5.73 Å². The van der Waals surface area contributed by atoms with Gasteiger partial charge in [0, 0.05) is 17.8 Å². The zero-order valence-corrected chi connectivity index (χ0v) is 12.4. The highest BCUT2D eigenvalue weighted by Gasteiger charge is 2.42. The highest BCUT2D eigenvalue weighted by atomic mass is 15.1. The molecule has 2 aliphatic carbocycles. The SMILES string of the molecule is CC(C1CC2CCC1C2)n1cncc1-c1ccc(N)nc1. The second kappa shape index (κ2) is 4.86. The van der Waals surface area contributed by atoms with Crippen LogP contribution in [-0.4, -0.2) is 14.5 Å². The average Bonchev–Trinajstić information content (AvgIpc) is 3.23. The minimum absolute atomic E-state index is 0.510. The molecule has 0 saturated heterocycles. The van der Waals surface area contributed by atoms with Gasteiger partial charge in [-0.25, -0.2) is 9.97 Å². The number of rotatable bonds is 3. The van der Waals surface area contributed by atoms with Crippen LogP contribution >= 0.6 is 0 Å². The maximum atomic E-state index is 5.68. The summed E-state index contributed by atoms with van der Waals surface area (Å²) in [4.78, 5) is 8.59. The number of pyridine rings is 1. The molecule has 2 aromatic rings. The minimum atomic E-state index is 0.510. The van der Waals surface area contributed by atoms with Gasteiger partial charge in [-0.1, -0.05) is 6.42 Å². The van der Waals surface area contributed by atoms with Gasteiger partial charge in [0.1, 0.15) is 5.82 Å². The Morgan fingerprint density at radius 2 is 2.14 bits per heavy atom. The van der Waals surface area contributed by atoms with E-state index in [0.29, 0.717) is 11.9 Å². The van der Waals surface area contributed by atoms with Crippen LogP contribution in [0.2, 0.25) is 0 Å². The van der Waals surface area contributed by atoms with Crippen LogP contribution in [0.15, 0.2) is 30.9 Å². The molecule has 21 heavy (non-hydrogen) atoms. The number of nitrogens with zero attached hydrogens (tertiary/aromatic N) is 3. The Bertz CT molecular complexity index is 630. The van der Waals surface area contributed by atoms with Crippen molar-refractivity contribution in [2.75, 3.05) is 5.73 Å². The van der Waals surface area contributed by atoms with E-state index in [-0.39, 0.29) is 0 Å². The molecule has 0 aromatic carbocycles. The van der Waals surface area contributed by atoms with E-state index in [0.717, 1.165) is 29.0 Å². The van der Waals surface area contributed by atoms with E-state index in [1.807, 2.05) is 30.9 Å². The van der Waals surface area contributed by atoms with Gasteiger partial charge in [-0.05, 0) is 56.1 Å². The van der Waals surface area contributed by atoms with Crippen LogP contribution in [0.1, 0.15) is 38.6 Å². The van der Waals surface area contributed by atoms with E-state index in [9.17, 15) is 0 Å². The van der Waals surface area contributed by atoms with Crippen LogP contribution in [0.3, 0.4) is 0 Å². The zero-order chi connectivity index (χ0) is 14.4. The Kier molecular flexibility index (Phi) is 2.98. The lowest BCUT2D eigenvalue weighted by Gasteiger charge is -2.30. The highest BCUT2D eigenvalue weighted by molar-refractivity contribution is 5.59. The molecule has 4 heteroatoms. The molecule has 2 saturated carbocycles. The summed E-state index contributed by atoms with van der Waals surface area (Å²) in [5, 5.41) is 0. The monoisotopic (exact) mass is 282 g/mol. The largest absolute Gasteiger partial charge is 0.384 e. The summed E-state index contributed by atoms with van der Waals surface area (Å²) in [6, 6.07) is 4.40. The van der Waals surface area contributed by atoms with Gasteiger partial charge < -0.3 is 10.3 Å². The number of nitrogens with two attached hydrogens (primary N) is 1. The Labute approximate surface area is 125 Å². The van der Waals surface area contributed by atoms with Crippen LogP contribution in [0.5, 0.6) is 0 Å². The first-order valence-corrected chi connectivity index (χ1v) is 7.96. The van der Waals surface area contributed by atoms with Gasteiger partial charge in [0.05, 0.1) is 18.2 Å². The molecule has 0 radical (unpaired) electrons. The predicted molar refractivity (Wildman–Crippen MR) is 83.5 cm³/mol. The third-order valence-electron chi connectivity index (χ3n) is 5.60. The molecule has 4 atom stereocenters. The Morgan fingerprint density at radius 1 is 1.24 bits per heavy atom. The van der Waals surface area contributed by atoms with Gasteiger partial charge >= 0.3 is 0 Å². The van der Waals surface area contributed by atoms with Crippen LogP contribution in [0.4, 0.5) is 5.82 Å². The summed E-state index contributed by atoms with van der Waals surface area (Å²) in [6.45, 7) is 2.35. The fraction of sp³-hybridized carbons (Fsp3) is 0.529. The molecule has 4 unspecified atom stereocenters. The first-order valence-electron chi connectivity index (χ1n) is 7.96. The number of nitrogen functional groups attached to an aromatic ring is 1.